The largest absolute Gasteiger partial charge is 0.379 e. The molecule has 0 unspecified atom stereocenters. The lowest BCUT2D eigenvalue weighted by Gasteiger charge is -2.12. The van der Waals surface area contributed by atoms with Gasteiger partial charge in [0.05, 0.1) is 56.0 Å². The predicted molar refractivity (Wildman–Crippen MR) is 107 cm³/mol. The molecular weight excluding hydrogens is 360 g/mol. The Balaban J connectivity index is 1.84. The Morgan fingerprint density at radius 1 is 1.00 bits per heavy atom. The first-order chi connectivity index (χ1) is 13.6. The number of nitrogens with one attached hydrogen (secondary N) is 2. The van der Waals surface area contributed by atoms with E-state index in [0.29, 0.717) is 43.3 Å². The number of ether oxygens (including phenoxy) is 2. The van der Waals surface area contributed by atoms with Gasteiger partial charge < -0.3 is 25.8 Å². The van der Waals surface area contributed by atoms with Crippen molar-refractivity contribution in [3.05, 3.63) is 53.9 Å². The summed E-state index contributed by atoms with van der Waals surface area (Å²) < 4.78 is 10.5. The number of carbonyl (C=O) groups is 2. The Labute approximate surface area is 164 Å². The van der Waals surface area contributed by atoms with Gasteiger partial charge in [0.1, 0.15) is 0 Å². The minimum absolute atomic E-state index is 0.175. The van der Waals surface area contributed by atoms with Gasteiger partial charge in [-0.3, -0.25) is 14.6 Å². The van der Waals surface area contributed by atoms with Crippen LogP contribution in [0.4, 0.5) is 11.4 Å². The molecule has 0 saturated heterocycles. The van der Waals surface area contributed by atoms with Crippen molar-refractivity contribution in [2.75, 3.05) is 43.6 Å². The summed E-state index contributed by atoms with van der Waals surface area (Å²) in [7, 11) is 0. The first-order valence-corrected chi connectivity index (χ1v) is 9.08. The second-order valence-electron chi connectivity index (χ2n) is 6.00. The molecule has 0 radical (unpaired) electrons. The molecule has 1 heterocycles. The van der Waals surface area contributed by atoms with Crippen LogP contribution < -0.4 is 16.4 Å². The Morgan fingerprint density at radius 2 is 1.75 bits per heavy atom. The number of anilines is 2. The normalized spacial score (nSPS) is 10.5. The number of carbonyl (C=O) groups excluding carboxylic acids is 2. The first kappa shape index (κ1) is 21.5. The average molecular weight is 386 g/mol. The summed E-state index contributed by atoms with van der Waals surface area (Å²) in [5.41, 5.74) is 7.57. The van der Waals surface area contributed by atoms with E-state index in [4.69, 9.17) is 15.2 Å². The zero-order chi connectivity index (χ0) is 20.2. The molecule has 0 spiro atoms. The van der Waals surface area contributed by atoms with Gasteiger partial charge in [-0.1, -0.05) is 12.1 Å². The van der Waals surface area contributed by atoms with E-state index in [2.05, 4.69) is 15.6 Å². The van der Waals surface area contributed by atoms with Crippen molar-refractivity contribution in [1.29, 1.82) is 0 Å². The van der Waals surface area contributed by atoms with Crippen molar-refractivity contribution in [3.8, 4) is 0 Å². The fraction of sp³-hybridized carbons (Fsp3) is 0.350. The molecule has 0 bridgehead atoms. The molecule has 2 amide bonds. The van der Waals surface area contributed by atoms with Crippen LogP contribution in [0.15, 0.2) is 42.6 Å². The van der Waals surface area contributed by atoms with Crippen LogP contribution in [0.25, 0.3) is 0 Å². The maximum absolute atomic E-state index is 12.5. The number of hydrogen-bond donors (Lipinski definition) is 3. The minimum atomic E-state index is -0.324. The maximum Gasteiger partial charge on any atom is 0.257 e. The molecule has 8 heteroatoms. The van der Waals surface area contributed by atoms with Gasteiger partial charge in [0.15, 0.2) is 0 Å². The van der Waals surface area contributed by atoms with Gasteiger partial charge in [-0.25, -0.2) is 0 Å². The molecule has 150 valence electrons. The molecule has 2 rings (SSSR count). The van der Waals surface area contributed by atoms with E-state index in [1.165, 1.54) is 0 Å². The second-order valence-corrected chi connectivity index (χ2v) is 6.00. The van der Waals surface area contributed by atoms with E-state index < -0.39 is 0 Å². The molecule has 0 fully saturated rings. The quantitative estimate of drug-likeness (QED) is 0.509. The van der Waals surface area contributed by atoms with Crippen LogP contribution >= 0.6 is 0 Å². The molecule has 28 heavy (non-hydrogen) atoms. The fourth-order valence-corrected chi connectivity index (χ4v) is 2.31. The number of pyridine rings is 1. The van der Waals surface area contributed by atoms with Crippen LogP contribution in [0.3, 0.4) is 0 Å². The van der Waals surface area contributed by atoms with E-state index in [-0.39, 0.29) is 24.8 Å². The van der Waals surface area contributed by atoms with Crippen molar-refractivity contribution in [3.63, 3.8) is 0 Å². The van der Waals surface area contributed by atoms with Crippen molar-refractivity contribution < 1.29 is 19.1 Å². The number of benzene rings is 1. The molecule has 4 N–H and O–H groups in total. The third kappa shape index (κ3) is 7.43. The highest BCUT2D eigenvalue weighted by Crippen LogP contribution is 2.17. The van der Waals surface area contributed by atoms with Gasteiger partial charge >= 0.3 is 0 Å². The summed E-state index contributed by atoms with van der Waals surface area (Å²) in [4.78, 5) is 28.8. The number of para-hydroxylation sites is 1. The number of rotatable bonds is 11. The Kier molecular flexibility index (Phi) is 9.06. The third-order valence-corrected chi connectivity index (χ3v) is 3.72. The SMILES string of the molecule is Cc1ccc(NC(=O)c2ccccc2NC(=O)CCOCCOCCN)cn1. The molecule has 0 aliphatic rings. The number of amides is 2. The number of nitrogens with two attached hydrogens (primary N) is 1. The van der Waals surface area contributed by atoms with Gasteiger partial charge in [-0.05, 0) is 31.2 Å². The van der Waals surface area contributed by atoms with E-state index in [9.17, 15) is 9.59 Å². The zero-order valence-corrected chi connectivity index (χ0v) is 15.9. The summed E-state index contributed by atoms with van der Waals surface area (Å²) in [6.45, 7) is 3.93. The van der Waals surface area contributed by atoms with Crippen molar-refractivity contribution in [2.45, 2.75) is 13.3 Å². The predicted octanol–water partition coefficient (Wildman–Crippen LogP) is 1.96. The number of nitrogens with zero attached hydrogens (tertiary/aromatic N) is 1. The summed E-state index contributed by atoms with van der Waals surface area (Å²) in [5, 5.41) is 5.53. The van der Waals surface area contributed by atoms with Gasteiger partial charge in [-0.15, -0.1) is 0 Å². The number of aromatic nitrogens is 1. The van der Waals surface area contributed by atoms with Gasteiger partial charge in [-0.2, -0.15) is 0 Å². The summed E-state index contributed by atoms with van der Waals surface area (Å²) >= 11 is 0. The van der Waals surface area contributed by atoms with Gasteiger partial charge in [0.25, 0.3) is 5.91 Å². The lowest BCUT2D eigenvalue weighted by molar-refractivity contribution is -0.117. The van der Waals surface area contributed by atoms with E-state index in [1.54, 1.807) is 36.5 Å². The molecule has 0 aliphatic heterocycles. The van der Waals surface area contributed by atoms with Crippen molar-refractivity contribution in [2.24, 2.45) is 5.73 Å². The van der Waals surface area contributed by atoms with E-state index >= 15 is 0 Å². The maximum atomic E-state index is 12.5. The molecule has 8 nitrogen and oxygen atoms in total. The van der Waals surface area contributed by atoms with Crippen LogP contribution in [0.2, 0.25) is 0 Å². The van der Waals surface area contributed by atoms with Crippen LogP contribution in [-0.2, 0) is 14.3 Å². The first-order valence-electron chi connectivity index (χ1n) is 9.08. The smallest absolute Gasteiger partial charge is 0.257 e. The molecule has 2 aromatic rings. The number of hydrogen-bond acceptors (Lipinski definition) is 6. The summed E-state index contributed by atoms with van der Waals surface area (Å²) in [5.74, 6) is -0.560. The Morgan fingerprint density at radius 3 is 2.46 bits per heavy atom. The van der Waals surface area contributed by atoms with Gasteiger partial charge in [0, 0.05) is 12.2 Å². The molecule has 1 aromatic carbocycles. The molecule has 0 aliphatic carbocycles. The highest BCUT2D eigenvalue weighted by atomic mass is 16.5. The van der Waals surface area contributed by atoms with Gasteiger partial charge in [0.2, 0.25) is 5.91 Å². The van der Waals surface area contributed by atoms with E-state index in [0.717, 1.165) is 5.69 Å². The highest BCUT2D eigenvalue weighted by molar-refractivity contribution is 6.10. The Bertz CT molecular complexity index is 765. The van der Waals surface area contributed by atoms with Crippen LogP contribution in [-0.4, -0.2) is 49.8 Å². The fourth-order valence-electron chi connectivity index (χ4n) is 2.31. The zero-order valence-electron chi connectivity index (χ0n) is 15.9. The van der Waals surface area contributed by atoms with Crippen LogP contribution in [0, 0.1) is 6.92 Å². The average Bonchev–Trinajstić information content (AvgIpc) is 2.69. The molecule has 1 aromatic heterocycles. The summed E-state index contributed by atoms with van der Waals surface area (Å²) in [6, 6.07) is 10.4. The lowest BCUT2D eigenvalue weighted by atomic mass is 10.1. The third-order valence-electron chi connectivity index (χ3n) is 3.72. The van der Waals surface area contributed by atoms with Crippen LogP contribution in [0.5, 0.6) is 0 Å². The molecule has 0 atom stereocenters. The Hall–Kier alpha value is -2.81. The van der Waals surface area contributed by atoms with Crippen molar-refractivity contribution in [1.82, 2.24) is 4.98 Å². The van der Waals surface area contributed by atoms with Crippen molar-refractivity contribution >= 4 is 23.2 Å². The number of aryl methyl sites for hydroxylation is 1. The second kappa shape index (κ2) is 11.8. The standard InChI is InChI=1S/C20H26N4O4/c1-15-6-7-16(14-22-15)23-20(26)17-4-2-3-5-18(17)24-19(25)8-10-27-12-13-28-11-9-21/h2-7,14H,8-13,21H2,1H3,(H,23,26)(H,24,25). The summed E-state index contributed by atoms with van der Waals surface area (Å²) in [6.07, 6.45) is 1.76. The lowest BCUT2D eigenvalue weighted by Crippen LogP contribution is -2.19. The molecular formula is C20H26N4O4. The van der Waals surface area contributed by atoms with E-state index in [1.807, 2.05) is 13.0 Å². The minimum Gasteiger partial charge on any atom is -0.379 e. The monoisotopic (exact) mass is 386 g/mol. The topological polar surface area (TPSA) is 116 Å². The highest BCUT2D eigenvalue weighted by Gasteiger charge is 2.13. The molecule has 0 saturated carbocycles. The van der Waals surface area contributed by atoms with Crippen LogP contribution in [0.1, 0.15) is 22.5 Å².